The molecule has 2 aromatic rings. The normalized spacial score (nSPS) is 10.2. The highest BCUT2D eigenvalue weighted by molar-refractivity contribution is 7.97. The molecule has 0 bridgehead atoms. The van der Waals surface area contributed by atoms with Crippen LogP contribution < -0.4 is 9.56 Å². The fourth-order valence-electron chi connectivity index (χ4n) is 1.92. The van der Waals surface area contributed by atoms with Gasteiger partial charge in [0.2, 0.25) is 0 Å². The monoisotopic (exact) mass is 379 g/mol. The van der Waals surface area contributed by atoms with Crippen LogP contribution in [0.25, 0.3) is 0 Å². The summed E-state index contributed by atoms with van der Waals surface area (Å²) in [5, 5.41) is 20.3. The van der Waals surface area contributed by atoms with Gasteiger partial charge in [0.1, 0.15) is 5.75 Å². The van der Waals surface area contributed by atoms with Crippen molar-refractivity contribution in [2.45, 2.75) is 11.4 Å². The van der Waals surface area contributed by atoms with E-state index in [0.29, 0.717) is 17.0 Å². The molecule has 0 saturated heterocycles. The Labute approximate surface area is 151 Å². The topological polar surface area (TPSA) is 134 Å². The third-order valence-corrected chi connectivity index (χ3v) is 3.99. The summed E-state index contributed by atoms with van der Waals surface area (Å²) >= 11 is 1.03. The van der Waals surface area contributed by atoms with Crippen LogP contribution in [0.4, 0.5) is 5.69 Å². The highest BCUT2D eigenvalue weighted by Gasteiger charge is 2.14. The van der Waals surface area contributed by atoms with Gasteiger partial charge >= 0.3 is 5.97 Å². The van der Waals surface area contributed by atoms with Crippen LogP contribution in [0.1, 0.15) is 15.9 Å². The van der Waals surface area contributed by atoms with Crippen molar-refractivity contribution in [2.24, 2.45) is 0 Å². The van der Waals surface area contributed by atoms with E-state index in [-0.39, 0.29) is 11.4 Å². The average Bonchev–Trinajstić information content (AvgIpc) is 2.62. The Morgan fingerprint density at radius 2 is 1.85 bits per heavy atom. The number of ether oxygens (including phenoxy) is 1. The van der Waals surface area contributed by atoms with Gasteiger partial charge in [-0.25, -0.2) is 4.79 Å². The van der Waals surface area contributed by atoms with Crippen molar-refractivity contribution in [3.05, 3.63) is 73.8 Å². The molecule has 0 saturated carbocycles. The molecule has 26 heavy (non-hydrogen) atoms. The molecule has 1 N–H and O–H groups in total. The van der Waals surface area contributed by atoms with Crippen molar-refractivity contribution in [1.29, 1.82) is 0 Å². The van der Waals surface area contributed by atoms with Crippen molar-refractivity contribution in [3.63, 3.8) is 0 Å². The van der Waals surface area contributed by atoms with Gasteiger partial charge in [-0.2, -0.15) is 0 Å². The number of carbonyl (C=O) groups is 1. The summed E-state index contributed by atoms with van der Waals surface area (Å²) in [5.41, 5.74) is 0.953. The maximum atomic E-state index is 11.4. The summed E-state index contributed by atoms with van der Waals surface area (Å²) < 4.78 is 7.58. The number of non-ortho nitro benzene ring substituents is 1. The molecule has 0 aliphatic heterocycles. The van der Waals surface area contributed by atoms with Gasteiger partial charge in [-0.3, -0.25) is 19.7 Å². The standard InChI is InChI=1S/C15H13N3O7S/c1-24-15(19)11-4-2-10(3-5-11)9-16-26-14-7-6-12(17(20)21)8-13(14)25-18(22)23/h2-8,16H,9H2,1H3. The van der Waals surface area contributed by atoms with E-state index in [4.69, 9.17) is 0 Å². The smallest absolute Gasteiger partial charge is 0.337 e. The molecule has 0 aromatic heterocycles. The molecule has 0 heterocycles. The highest BCUT2D eigenvalue weighted by Crippen LogP contribution is 2.31. The van der Waals surface area contributed by atoms with Crippen molar-refractivity contribution < 1.29 is 24.4 Å². The minimum absolute atomic E-state index is 0.234. The number of nitro benzene ring substituents is 1. The van der Waals surface area contributed by atoms with E-state index in [1.54, 1.807) is 24.3 Å². The van der Waals surface area contributed by atoms with Gasteiger partial charge in [0.05, 0.1) is 22.5 Å². The van der Waals surface area contributed by atoms with E-state index in [0.717, 1.165) is 23.6 Å². The van der Waals surface area contributed by atoms with E-state index in [1.807, 2.05) is 0 Å². The third kappa shape index (κ3) is 5.16. The molecule has 0 aliphatic rings. The summed E-state index contributed by atoms with van der Waals surface area (Å²) in [7, 11) is 1.29. The quantitative estimate of drug-likeness (QED) is 0.318. The zero-order chi connectivity index (χ0) is 19.1. The lowest BCUT2D eigenvalue weighted by Gasteiger charge is -2.08. The second-order valence-corrected chi connectivity index (χ2v) is 5.75. The Balaban J connectivity index is 2.03. The Morgan fingerprint density at radius 1 is 1.15 bits per heavy atom. The maximum absolute atomic E-state index is 11.4. The van der Waals surface area contributed by atoms with Crippen molar-refractivity contribution >= 4 is 23.6 Å². The number of benzene rings is 2. The van der Waals surface area contributed by atoms with Crippen LogP contribution >= 0.6 is 11.9 Å². The van der Waals surface area contributed by atoms with Crippen molar-refractivity contribution in [3.8, 4) is 5.75 Å². The van der Waals surface area contributed by atoms with Crippen LogP contribution in [-0.2, 0) is 11.3 Å². The minimum Gasteiger partial charge on any atom is -0.465 e. The first kappa shape index (κ1) is 19.1. The molecule has 0 radical (unpaired) electrons. The molecule has 2 rings (SSSR count). The Hall–Kier alpha value is -3.18. The maximum Gasteiger partial charge on any atom is 0.337 e. The van der Waals surface area contributed by atoms with E-state index in [1.165, 1.54) is 19.2 Å². The second-order valence-electron chi connectivity index (χ2n) is 4.81. The molecule has 0 unspecified atom stereocenters. The molecule has 0 fully saturated rings. The van der Waals surface area contributed by atoms with Crippen LogP contribution in [0.3, 0.4) is 0 Å². The number of carbonyl (C=O) groups excluding carboxylic acids is 1. The second kappa shape index (κ2) is 8.78. The molecule has 10 nitrogen and oxygen atoms in total. The number of nitrogens with one attached hydrogen (secondary N) is 1. The zero-order valence-corrected chi connectivity index (χ0v) is 14.2. The first-order chi connectivity index (χ1) is 12.4. The van der Waals surface area contributed by atoms with E-state index >= 15 is 0 Å². The number of esters is 1. The number of nitrogens with zero attached hydrogens (tertiary/aromatic N) is 2. The first-order valence-electron chi connectivity index (χ1n) is 7.08. The molecule has 0 aliphatic carbocycles. The van der Waals surface area contributed by atoms with Crippen LogP contribution in [0.5, 0.6) is 5.75 Å². The van der Waals surface area contributed by atoms with E-state index in [9.17, 15) is 25.0 Å². The third-order valence-electron chi connectivity index (χ3n) is 3.14. The lowest BCUT2D eigenvalue weighted by molar-refractivity contribution is -0.711. The molecule has 0 amide bonds. The van der Waals surface area contributed by atoms with Crippen LogP contribution in [0.2, 0.25) is 0 Å². The van der Waals surface area contributed by atoms with Gasteiger partial charge in [0.15, 0.2) is 0 Å². The first-order valence-corrected chi connectivity index (χ1v) is 7.90. The van der Waals surface area contributed by atoms with Gasteiger partial charge in [-0.1, -0.05) is 12.1 Å². The minimum atomic E-state index is -1.03. The number of hydrogen-bond donors (Lipinski definition) is 1. The Morgan fingerprint density at radius 3 is 2.42 bits per heavy atom. The molecular formula is C15H13N3O7S. The SMILES string of the molecule is COC(=O)c1ccc(CNSc2ccc([N+](=O)[O-])cc2O[N+](=O)[O-])cc1. The van der Waals surface area contributed by atoms with Crippen LogP contribution in [0.15, 0.2) is 47.4 Å². The Kier molecular flexibility index (Phi) is 6.47. The zero-order valence-electron chi connectivity index (χ0n) is 13.4. The largest absolute Gasteiger partial charge is 0.465 e. The van der Waals surface area contributed by atoms with Crippen molar-refractivity contribution in [2.75, 3.05) is 7.11 Å². The van der Waals surface area contributed by atoms with Crippen molar-refractivity contribution in [1.82, 2.24) is 4.72 Å². The summed E-state index contributed by atoms with van der Waals surface area (Å²) in [6.07, 6.45) is 0. The highest BCUT2D eigenvalue weighted by atomic mass is 32.2. The predicted molar refractivity (Wildman–Crippen MR) is 91.2 cm³/mol. The van der Waals surface area contributed by atoms with Gasteiger partial charge < -0.3 is 4.74 Å². The summed E-state index contributed by atoms with van der Waals surface area (Å²) in [6, 6.07) is 10.2. The van der Waals surface area contributed by atoms with Gasteiger partial charge in [-0.15, -0.1) is 10.1 Å². The fourth-order valence-corrected chi connectivity index (χ4v) is 2.65. The lowest BCUT2D eigenvalue weighted by Crippen LogP contribution is -2.08. The summed E-state index contributed by atoms with van der Waals surface area (Å²) in [4.78, 5) is 36.7. The molecule has 2 aromatic carbocycles. The number of hydrogen-bond acceptors (Lipinski definition) is 9. The molecule has 0 atom stereocenters. The number of nitro groups is 1. The Bertz CT molecular complexity index is 826. The molecule has 0 spiro atoms. The van der Waals surface area contributed by atoms with Crippen LogP contribution in [0, 0.1) is 20.2 Å². The van der Waals surface area contributed by atoms with Gasteiger partial charge in [0, 0.05) is 18.7 Å². The van der Waals surface area contributed by atoms with Gasteiger partial charge in [0.25, 0.3) is 10.8 Å². The molecule has 136 valence electrons. The average molecular weight is 379 g/mol. The van der Waals surface area contributed by atoms with Gasteiger partial charge in [-0.05, 0) is 35.7 Å². The lowest BCUT2D eigenvalue weighted by atomic mass is 10.1. The summed E-state index contributed by atoms with van der Waals surface area (Å²) in [5.74, 6) is -0.672. The fraction of sp³-hybridized carbons (Fsp3) is 0.133. The number of methoxy groups -OCH3 is 1. The van der Waals surface area contributed by atoms with E-state index < -0.39 is 16.0 Å². The van der Waals surface area contributed by atoms with Crippen LogP contribution in [-0.4, -0.2) is 23.1 Å². The molecule has 11 heteroatoms. The van der Waals surface area contributed by atoms with E-state index in [2.05, 4.69) is 14.3 Å². The number of rotatable bonds is 8. The summed E-state index contributed by atoms with van der Waals surface area (Å²) in [6.45, 7) is 0.376. The predicted octanol–water partition coefficient (Wildman–Crippen LogP) is 2.75. The molecular weight excluding hydrogens is 366 g/mol.